The number of likely N-dealkylation sites (tertiary alicyclic amines) is 1. The van der Waals surface area contributed by atoms with E-state index in [0.717, 1.165) is 6.07 Å². The van der Waals surface area contributed by atoms with Crippen LogP contribution in [0.5, 0.6) is 0 Å². The average molecular weight is 461 g/mol. The van der Waals surface area contributed by atoms with E-state index in [1.54, 1.807) is 31.2 Å². The summed E-state index contributed by atoms with van der Waals surface area (Å²) in [5.74, 6) is -2.43. The van der Waals surface area contributed by atoms with Crippen LogP contribution < -0.4 is 0 Å². The first-order chi connectivity index (χ1) is 15.3. The van der Waals surface area contributed by atoms with E-state index < -0.39 is 17.6 Å². The van der Waals surface area contributed by atoms with Crippen molar-refractivity contribution in [2.45, 2.75) is 19.9 Å². The average Bonchev–Trinajstić information content (AvgIpc) is 3.28. The van der Waals surface area contributed by atoms with Crippen molar-refractivity contribution in [3.63, 3.8) is 0 Å². The molecule has 166 valence electrons. The summed E-state index contributed by atoms with van der Waals surface area (Å²) in [7, 11) is 0. The molecule has 0 aliphatic carbocycles. The van der Waals surface area contributed by atoms with Gasteiger partial charge in [-0.3, -0.25) is 4.79 Å². The molecule has 3 aromatic rings. The highest BCUT2D eigenvalue weighted by Gasteiger charge is 2.31. The number of carbonyl (C=O) groups excluding carboxylic acids is 2. The fourth-order valence-electron chi connectivity index (χ4n) is 3.67. The van der Waals surface area contributed by atoms with Crippen molar-refractivity contribution in [3.8, 4) is 5.69 Å². The number of halogens is 3. The van der Waals surface area contributed by atoms with Gasteiger partial charge in [0.05, 0.1) is 18.0 Å². The van der Waals surface area contributed by atoms with Crippen LogP contribution in [0.1, 0.15) is 28.2 Å². The van der Waals surface area contributed by atoms with Gasteiger partial charge in [0, 0.05) is 36.5 Å². The summed E-state index contributed by atoms with van der Waals surface area (Å²) >= 11 is 6.01. The molecule has 1 amide bonds. The number of esters is 1. The molecule has 1 atom stereocenters. The van der Waals surface area contributed by atoms with Gasteiger partial charge < -0.3 is 9.64 Å². The van der Waals surface area contributed by atoms with E-state index in [-0.39, 0.29) is 37.1 Å². The molecule has 1 aliphatic heterocycles. The van der Waals surface area contributed by atoms with Crippen LogP contribution in [0.2, 0.25) is 5.02 Å². The van der Waals surface area contributed by atoms with Crippen LogP contribution in [0.25, 0.3) is 5.69 Å². The Morgan fingerprint density at radius 3 is 2.69 bits per heavy atom. The fourth-order valence-corrected chi connectivity index (χ4v) is 3.86. The van der Waals surface area contributed by atoms with E-state index in [4.69, 9.17) is 16.3 Å². The standard InChI is InChI=1S/C22H19ClF2N4O3/c1-13-21(26-27-29(13)19-4-2-3-16(23)8-19)22(31)32-12-15-7-20(30)28(11-15)10-14-5-17(24)9-18(25)6-14/h2-6,8-9,15H,7,10-12H2,1H3. The van der Waals surface area contributed by atoms with Gasteiger partial charge in [-0.15, -0.1) is 5.10 Å². The monoisotopic (exact) mass is 460 g/mol. The topological polar surface area (TPSA) is 77.3 Å². The van der Waals surface area contributed by atoms with E-state index in [1.807, 2.05) is 0 Å². The second-order valence-corrected chi connectivity index (χ2v) is 8.07. The Labute approximate surface area is 187 Å². The lowest BCUT2D eigenvalue weighted by atomic mass is 10.1. The lowest BCUT2D eigenvalue weighted by Gasteiger charge is -2.17. The molecule has 32 heavy (non-hydrogen) atoms. The summed E-state index contributed by atoms with van der Waals surface area (Å²) in [6.07, 6.45) is 0.180. The number of carbonyl (C=O) groups is 2. The summed E-state index contributed by atoms with van der Waals surface area (Å²) in [6, 6.07) is 10.1. The molecule has 1 fully saturated rings. The summed E-state index contributed by atoms with van der Waals surface area (Å²) in [5, 5.41) is 8.44. The van der Waals surface area contributed by atoms with Gasteiger partial charge in [-0.25, -0.2) is 18.3 Å². The van der Waals surface area contributed by atoms with E-state index in [0.29, 0.717) is 28.5 Å². The molecular formula is C22H19ClF2N4O3. The van der Waals surface area contributed by atoms with Gasteiger partial charge >= 0.3 is 5.97 Å². The first-order valence-corrected chi connectivity index (χ1v) is 10.3. The predicted molar refractivity (Wildman–Crippen MR) is 111 cm³/mol. The Kier molecular flexibility index (Phi) is 6.18. The number of hydrogen-bond acceptors (Lipinski definition) is 5. The number of rotatable bonds is 6. The predicted octanol–water partition coefficient (Wildman–Crippen LogP) is 3.71. The summed E-state index contributed by atoms with van der Waals surface area (Å²) in [5.41, 5.74) is 1.59. The maximum Gasteiger partial charge on any atom is 0.360 e. The van der Waals surface area contributed by atoms with Gasteiger partial charge in [-0.2, -0.15) is 0 Å². The van der Waals surface area contributed by atoms with Gasteiger partial charge in [-0.1, -0.05) is 22.9 Å². The smallest absolute Gasteiger partial charge is 0.360 e. The fraction of sp³-hybridized carbons (Fsp3) is 0.273. The van der Waals surface area contributed by atoms with Gasteiger partial charge in [-0.05, 0) is 42.8 Å². The molecule has 1 aromatic heterocycles. The number of hydrogen-bond donors (Lipinski definition) is 0. The number of amides is 1. The molecule has 0 bridgehead atoms. The third-order valence-electron chi connectivity index (χ3n) is 5.18. The molecule has 2 heterocycles. The van der Waals surface area contributed by atoms with Crippen LogP contribution in [0.4, 0.5) is 8.78 Å². The van der Waals surface area contributed by atoms with Gasteiger partial charge in [0.15, 0.2) is 5.69 Å². The Balaban J connectivity index is 1.36. The number of ether oxygens (including phenoxy) is 1. The molecule has 7 nitrogen and oxygen atoms in total. The highest BCUT2D eigenvalue weighted by Crippen LogP contribution is 2.22. The zero-order valence-corrected chi connectivity index (χ0v) is 17.9. The van der Waals surface area contributed by atoms with Crippen molar-refractivity contribution in [2.24, 2.45) is 5.92 Å². The van der Waals surface area contributed by atoms with Crippen LogP contribution in [-0.2, 0) is 16.1 Å². The van der Waals surface area contributed by atoms with Gasteiger partial charge in [0.2, 0.25) is 5.91 Å². The summed E-state index contributed by atoms with van der Waals surface area (Å²) in [6.45, 7) is 2.11. The second kappa shape index (κ2) is 9.04. The Hall–Kier alpha value is -3.33. The third kappa shape index (κ3) is 4.77. The largest absolute Gasteiger partial charge is 0.460 e. The quantitative estimate of drug-likeness (QED) is 0.524. The van der Waals surface area contributed by atoms with Crippen molar-refractivity contribution >= 4 is 23.5 Å². The van der Waals surface area contributed by atoms with Crippen LogP contribution in [0.3, 0.4) is 0 Å². The second-order valence-electron chi connectivity index (χ2n) is 7.64. The molecule has 1 aliphatic rings. The Bertz CT molecular complexity index is 1160. The van der Waals surface area contributed by atoms with Crippen molar-refractivity contribution < 1.29 is 23.1 Å². The Morgan fingerprint density at radius 2 is 1.97 bits per heavy atom. The summed E-state index contributed by atoms with van der Waals surface area (Å²) < 4.78 is 33.6. The molecule has 2 aromatic carbocycles. The minimum atomic E-state index is -0.696. The molecule has 0 radical (unpaired) electrons. The van der Waals surface area contributed by atoms with Gasteiger partial charge in [0.1, 0.15) is 11.6 Å². The molecule has 4 rings (SSSR count). The van der Waals surface area contributed by atoms with Crippen LogP contribution >= 0.6 is 11.6 Å². The normalized spacial score (nSPS) is 15.9. The van der Waals surface area contributed by atoms with Crippen LogP contribution in [0.15, 0.2) is 42.5 Å². The highest BCUT2D eigenvalue weighted by molar-refractivity contribution is 6.30. The molecule has 0 N–H and O–H groups in total. The van der Waals surface area contributed by atoms with Crippen LogP contribution in [0, 0.1) is 24.5 Å². The highest BCUT2D eigenvalue weighted by atomic mass is 35.5. The maximum atomic E-state index is 13.4. The molecule has 1 unspecified atom stereocenters. The molecular weight excluding hydrogens is 442 g/mol. The number of nitrogens with zero attached hydrogens (tertiary/aromatic N) is 4. The first kappa shape index (κ1) is 21.9. The lowest BCUT2D eigenvalue weighted by Crippen LogP contribution is -2.25. The Morgan fingerprint density at radius 1 is 1.22 bits per heavy atom. The zero-order valence-electron chi connectivity index (χ0n) is 17.1. The van der Waals surface area contributed by atoms with E-state index in [9.17, 15) is 18.4 Å². The molecule has 0 saturated carbocycles. The van der Waals surface area contributed by atoms with Gasteiger partial charge in [0.25, 0.3) is 0 Å². The first-order valence-electron chi connectivity index (χ1n) is 9.88. The number of benzene rings is 2. The minimum absolute atomic E-state index is 0.0159. The molecule has 10 heteroatoms. The third-order valence-corrected chi connectivity index (χ3v) is 5.42. The molecule has 1 saturated heterocycles. The maximum absolute atomic E-state index is 13.4. The van der Waals surface area contributed by atoms with Crippen LogP contribution in [-0.4, -0.2) is 44.9 Å². The van der Waals surface area contributed by atoms with Crippen molar-refractivity contribution in [1.82, 2.24) is 19.9 Å². The SMILES string of the molecule is Cc1c(C(=O)OCC2CC(=O)N(Cc3cc(F)cc(F)c3)C2)nnn1-c1cccc(Cl)c1. The van der Waals surface area contributed by atoms with E-state index >= 15 is 0 Å². The zero-order chi connectivity index (χ0) is 22.8. The minimum Gasteiger partial charge on any atom is -0.460 e. The van der Waals surface area contributed by atoms with Crippen molar-refractivity contribution in [3.05, 3.63) is 76.1 Å². The van der Waals surface area contributed by atoms with E-state index in [1.165, 1.54) is 21.7 Å². The molecule has 0 spiro atoms. The van der Waals surface area contributed by atoms with E-state index in [2.05, 4.69) is 10.3 Å². The van der Waals surface area contributed by atoms with Crippen molar-refractivity contribution in [2.75, 3.05) is 13.2 Å². The summed E-state index contributed by atoms with van der Waals surface area (Å²) in [4.78, 5) is 26.3. The van der Waals surface area contributed by atoms with Crippen molar-refractivity contribution in [1.29, 1.82) is 0 Å². The lowest BCUT2D eigenvalue weighted by molar-refractivity contribution is -0.128. The number of aromatic nitrogens is 3.